The fraction of sp³-hybridized carbons (Fsp3) is 0.833. The van der Waals surface area contributed by atoms with Gasteiger partial charge in [0.2, 0.25) is 0 Å². The Morgan fingerprint density at radius 1 is 1.18 bits per heavy atom. The highest BCUT2D eigenvalue weighted by atomic mass is 16.5. The molecule has 1 aromatic rings. The van der Waals surface area contributed by atoms with Crippen molar-refractivity contribution in [2.24, 2.45) is 0 Å². The van der Waals surface area contributed by atoms with Gasteiger partial charge in [-0.05, 0) is 32.2 Å². The van der Waals surface area contributed by atoms with Crippen molar-refractivity contribution >= 4 is 0 Å². The maximum absolute atomic E-state index is 5.48. The van der Waals surface area contributed by atoms with Gasteiger partial charge in [-0.25, -0.2) is 4.98 Å². The van der Waals surface area contributed by atoms with Crippen LogP contribution in [0.15, 0.2) is 0 Å². The van der Waals surface area contributed by atoms with Crippen molar-refractivity contribution in [1.29, 1.82) is 0 Å². The summed E-state index contributed by atoms with van der Waals surface area (Å²) >= 11 is 0. The summed E-state index contributed by atoms with van der Waals surface area (Å²) in [4.78, 5) is 4.65. The molecule has 0 bridgehead atoms. The first-order valence-corrected chi connectivity index (χ1v) is 6.67. The summed E-state index contributed by atoms with van der Waals surface area (Å²) in [5, 5.41) is 10.9. The molecular formula is C12H20N4O. The zero-order valence-corrected chi connectivity index (χ0v) is 10.1. The van der Waals surface area contributed by atoms with Crippen molar-refractivity contribution in [2.75, 3.05) is 19.8 Å². The third-order valence-electron chi connectivity index (χ3n) is 3.69. The van der Waals surface area contributed by atoms with Crippen LogP contribution < -0.4 is 5.32 Å². The second kappa shape index (κ2) is 5.14. The summed E-state index contributed by atoms with van der Waals surface area (Å²) in [7, 11) is 0. The van der Waals surface area contributed by atoms with E-state index in [0.29, 0.717) is 12.0 Å². The highest BCUT2D eigenvalue weighted by Crippen LogP contribution is 2.25. The molecule has 0 amide bonds. The number of aromatic nitrogens is 3. The smallest absolute Gasteiger partial charge is 0.156 e. The van der Waals surface area contributed by atoms with Gasteiger partial charge in [0.25, 0.3) is 0 Å². The minimum Gasteiger partial charge on any atom is -0.381 e. The van der Waals surface area contributed by atoms with E-state index < -0.39 is 0 Å². The molecule has 5 heteroatoms. The summed E-state index contributed by atoms with van der Waals surface area (Å²) < 4.78 is 5.48. The molecule has 2 aliphatic rings. The van der Waals surface area contributed by atoms with Crippen molar-refractivity contribution in [2.45, 2.75) is 44.1 Å². The Morgan fingerprint density at radius 3 is 2.94 bits per heavy atom. The molecular weight excluding hydrogens is 216 g/mol. The molecule has 0 aliphatic carbocycles. The van der Waals surface area contributed by atoms with Gasteiger partial charge in [-0.1, -0.05) is 6.42 Å². The van der Waals surface area contributed by atoms with Crippen LogP contribution in [0.25, 0.3) is 0 Å². The Morgan fingerprint density at radius 2 is 2.18 bits per heavy atom. The monoisotopic (exact) mass is 236 g/mol. The summed E-state index contributed by atoms with van der Waals surface area (Å²) in [5.41, 5.74) is 0. The normalized spacial score (nSPS) is 30.4. The van der Waals surface area contributed by atoms with Gasteiger partial charge >= 0.3 is 0 Å². The largest absolute Gasteiger partial charge is 0.381 e. The van der Waals surface area contributed by atoms with Crippen molar-refractivity contribution in [3.05, 3.63) is 11.6 Å². The fourth-order valence-electron chi connectivity index (χ4n) is 2.66. The predicted molar refractivity (Wildman–Crippen MR) is 63.8 cm³/mol. The Balaban J connectivity index is 1.68. The number of ether oxygens (including phenoxy) is 1. The van der Waals surface area contributed by atoms with Crippen LogP contribution in [0.3, 0.4) is 0 Å². The average molecular weight is 236 g/mol. The molecule has 2 atom stereocenters. The Kier molecular flexibility index (Phi) is 3.38. The summed E-state index contributed by atoms with van der Waals surface area (Å²) in [6, 6.07) is 0.370. The highest BCUT2D eigenvalue weighted by molar-refractivity contribution is 5.03. The van der Waals surface area contributed by atoms with E-state index in [0.717, 1.165) is 50.7 Å². The molecule has 0 saturated carbocycles. The predicted octanol–water partition coefficient (Wildman–Crippen LogP) is 1.51. The fourth-order valence-corrected chi connectivity index (χ4v) is 2.66. The van der Waals surface area contributed by atoms with E-state index >= 15 is 0 Å². The van der Waals surface area contributed by atoms with Crippen LogP contribution in [-0.2, 0) is 4.74 Å². The van der Waals surface area contributed by atoms with E-state index in [1.54, 1.807) is 0 Å². The van der Waals surface area contributed by atoms with Gasteiger partial charge in [-0.15, -0.1) is 0 Å². The highest BCUT2D eigenvalue weighted by Gasteiger charge is 2.23. The lowest BCUT2D eigenvalue weighted by Gasteiger charge is -2.21. The van der Waals surface area contributed by atoms with Crippen LogP contribution in [0.5, 0.6) is 0 Å². The molecule has 5 nitrogen and oxygen atoms in total. The molecule has 1 aromatic heterocycles. The molecule has 0 radical (unpaired) electrons. The lowest BCUT2D eigenvalue weighted by molar-refractivity contribution is 0.0781. The second-order valence-electron chi connectivity index (χ2n) is 5.00. The molecule has 17 heavy (non-hydrogen) atoms. The van der Waals surface area contributed by atoms with Crippen molar-refractivity contribution in [1.82, 2.24) is 20.5 Å². The van der Waals surface area contributed by atoms with Crippen LogP contribution in [0.4, 0.5) is 0 Å². The van der Waals surface area contributed by atoms with Gasteiger partial charge in [0.15, 0.2) is 5.82 Å². The lowest BCUT2D eigenvalue weighted by Crippen LogP contribution is -2.27. The molecule has 2 fully saturated rings. The molecule has 3 rings (SSSR count). The molecule has 2 saturated heterocycles. The quantitative estimate of drug-likeness (QED) is 0.817. The van der Waals surface area contributed by atoms with Crippen LogP contribution in [-0.4, -0.2) is 34.9 Å². The van der Waals surface area contributed by atoms with Crippen LogP contribution in [0, 0.1) is 0 Å². The number of nitrogens with zero attached hydrogens (tertiary/aromatic N) is 2. The van der Waals surface area contributed by atoms with Crippen molar-refractivity contribution in [3.63, 3.8) is 0 Å². The van der Waals surface area contributed by atoms with Gasteiger partial charge < -0.3 is 10.1 Å². The summed E-state index contributed by atoms with van der Waals surface area (Å²) in [6.45, 7) is 2.75. The van der Waals surface area contributed by atoms with E-state index in [9.17, 15) is 0 Å². The van der Waals surface area contributed by atoms with E-state index in [1.807, 2.05) is 0 Å². The summed E-state index contributed by atoms with van der Waals surface area (Å²) in [5.74, 6) is 2.33. The topological polar surface area (TPSA) is 62.8 Å². The Hall–Kier alpha value is -0.940. The SMILES string of the molecule is C1CCC(c2nc(C3CCCOC3)n[nH]2)NC1. The number of aromatic amines is 1. The molecule has 2 N–H and O–H groups in total. The number of hydrogen-bond donors (Lipinski definition) is 2. The van der Waals surface area contributed by atoms with E-state index in [1.165, 1.54) is 12.8 Å². The molecule has 0 aromatic carbocycles. The van der Waals surface area contributed by atoms with Gasteiger partial charge in [0.1, 0.15) is 5.82 Å². The standard InChI is InChI=1S/C12H20N4O/c1-2-6-13-10(5-1)12-14-11(15-16-12)9-4-3-7-17-8-9/h9-10,13H,1-8H2,(H,14,15,16). The first kappa shape index (κ1) is 11.2. The third kappa shape index (κ3) is 2.50. The van der Waals surface area contributed by atoms with Crippen molar-refractivity contribution in [3.8, 4) is 0 Å². The second-order valence-corrected chi connectivity index (χ2v) is 5.00. The van der Waals surface area contributed by atoms with E-state index in [-0.39, 0.29) is 0 Å². The zero-order chi connectivity index (χ0) is 11.5. The number of H-pyrrole nitrogens is 1. The summed E-state index contributed by atoms with van der Waals surface area (Å²) in [6.07, 6.45) is 5.98. The molecule has 2 aliphatic heterocycles. The number of rotatable bonds is 2. The molecule has 94 valence electrons. The van der Waals surface area contributed by atoms with Gasteiger partial charge in [-0.3, -0.25) is 5.10 Å². The molecule has 0 spiro atoms. The van der Waals surface area contributed by atoms with Crippen LogP contribution in [0.1, 0.15) is 55.7 Å². The Bertz CT molecular complexity index is 321. The average Bonchev–Trinajstić information content (AvgIpc) is 2.90. The first-order chi connectivity index (χ1) is 8.43. The third-order valence-corrected chi connectivity index (χ3v) is 3.69. The number of piperidine rings is 1. The number of hydrogen-bond acceptors (Lipinski definition) is 4. The Labute approximate surface area is 101 Å². The zero-order valence-electron chi connectivity index (χ0n) is 10.1. The molecule has 3 heterocycles. The minimum atomic E-state index is 0.370. The maximum Gasteiger partial charge on any atom is 0.156 e. The minimum absolute atomic E-state index is 0.370. The van der Waals surface area contributed by atoms with Crippen LogP contribution >= 0.6 is 0 Å². The van der Waals surface area contributed by atoms with Gasteiger partial charge in [0.05, 0.1) is 12.6 Å². The number of nitrogens with one attached hydrogen (secondary N) is 2. The van der Waals surface area contributed by atoms with Gasteiger partial charge in [-0.2, -0.15) is 5.10 Å². The van der Waals surface area contributed by atoms with Crippen LogP contribution in [0.2, 0.25) is 0 Å². The maximum atomic E-state index is 5.48. The van der Waals surface area contributed by atoms with E-state index in [2.05, 4.69) is 20.5 Å². The van der Waals surface area contributed by atoms with Gasteiger partial charge in [0, 0.05) is 12.5 Å². The van der Waals surface area contributed by atoms with Crippen molar-refractivity contribution < 1.29 is 4.74 Å². The first-order valence-electron chi connectivity index (χ1n) is 6.67. The molecule has 2 unspecified atom stereocenters. The lowest BCUT2D eigenvalue weighted by atomic mass is 10.0. The van der Waals surface area contributed by atoms with E-state index in [4.69, 9.17) is 4.74 Å².